The number of nitrogens with one attached hydrogen (secondary N) is 1. The van der Waals surface area contributed by atoms with E-state index in [4.69, 9.17) is 0 Å². The highest BCUT2D eigenvalue weighted by atomic mass is 127. The fourth-order valence-electron chi connectivity index (χ4n) is 2.30. The Morgan fingerprint density at radius 2 is 2.08 bits per heavy atom. The van der Waals surface area contributed by atoms with Gasteiger partial charge in [0.15, 0.2) is 12.6 Å². The summed E-state index contributed by atoms with van der Waals surface area (Å²) in [5, 5.41) is 3.23. The second kappa shape index (κ2) is 9.90. The fourth-order valence-corrected chi connectivity index (χ4v) is 2.30. The van der Waals surface area contributed by atoms with Crippen LogP contribution in [-0.4, -0.2) is 48.3 Å². The molecule has 0 bridgehead atoms. The van der Waals surface area contributed by atoms with Gasteiger partial charge in [-0.1, -0.05) is 0 Å². The number of pyridine rings is 1. The molecule has 5 nitrogen and oxygen atoms in total. The van der Waals surface area contributed by atoms with E-state index in [1.54, 1.807) is 6.07 Å². The lowest BCUT2D eigenvalue weighted by Crippen LogP contribution is -2.39. The summed E-state index contributed by atoms with van der Waals surface area (Å²) in [5.74, 6) is 0.792. The molecule has 0 unspecified atom stereocenters. The smallest absolute Gasteiger partial charge is 0.422 e. The first-order valence-corrected chi connectivity index (χ1v) is 7.65. The summed E-state index contributed by atoms with van der Waals surface area (Å²) in [5.41, 5.74) is 0.756. The van der Waals surface area contributed by atoms with E-state index >= 15 is 0 Å². The first-order chi connectivity index (χ1) is 11.0. The van der Waals surface area contributed by atoms with Gasteiger partial charge in [0.1, 0.15) is 0 Å². The Labute approximate surface area is 156 Å². The van der Waals surface area contributed by atoms with Crippen LogP contribution in [0.3, 0.4) is 0 Å². The maximum absolute atomic E-state index is 12.2. The van der Waals surface area contributed by atoms with Crippen molar-refractivity contribution in [3.63, 3.8) is 0 Å². The second-order valence-corrected chi connectivity index (χ2v) is 5.27. The molecule has 2 heterocycles. The van der Waals surface area contributed by atoms with Crippen molar-refractivity contribution in [2.75, 3.05) is 26.2 Å². The number of rotatable bonds is 5. The molecular weight excluding hydrogens is 436 g/mol. The molecule has 0 atom stereocenters. The monoisotopic (exact) mass is 458 g/mol. The van der Waals surface area contributed by atoms with Crippen LogP contribution in [0, 0.1) is 0 Å². The number of likely N-dealkylation sites (tertiary alicyclic amines) is 1. The summed E-state index contributed by atoms with van der Waals surface area (Å²) >= 11 is 0. The minimum absolute atomic E-state index is 0. The SMILES string of the molecule is CCNC(=NCc1ccnc(OCC(F)(F)F)c1)N1CCCC1.I. The molecule has 1 N–H and O–H groups in total. The van der Waals surface area contributed by atoms with Crippen LogP contribution in [0.15, 0.2) is 23.3 Å². The average molecular weight is 458 g/mol. The van der Waals surface area contributed by atoms with Crippen LogP contribution in [0.4, 0.5) is 13.2 Å². The van der Waals surface area contributed by atoms with Gasteiger partial charge < -0.3 is 15.0 Å². The summed E-state index contributed by atoms with van der Waals surface area (Å²) in [6.07, 6.45) is -0.645. The maximum Gasteiger partial charge on any atom is 0.422 e. The number of alkyl halides is 3. The third-order valence-electron chi connectivity index (χ3n) is 3.33. The van der Waals surface area contributed by atoms with E-state index in [2.05, 4.69) is 24.9 Å². The number of guanidine groups is 1. The molecule has 0 amide bonds. The molecule has 0 spiro atoms. The molecule has 136 valence electrons. The standard InChI is InChI=1S/C15H21F3N4O.HI/c1-2-19-14(22-7-3-4-8-22)21-10-12-5-6-20-13(9-12)23-11-15(16,17)18;/h5-6,9H,2-4,7-8,10-11H2,1H3,(H,19,21);1H. The minimum atomic E-state index is -4.37. The number of aromatic nitrogens is 1. The summed E-state index contributed by atoms with van der Waals surface area (Å²) in [6.45, 7) is 3.74. The van der Waals surface area contributed by atoms with E-state index in [0.29, 0.717) is 6.54 Å². The topological polar surface area (TPSA) is 49.8 Å². The van der Waals surface area contributed by atoms with Gasteiger partial charge in [0.25, 0.3) is 0 Å². The van der Waals surface area contributed by atoms with E-state index in [-0.39, 0.29) is 29.9 Å². The van der Waals surface area contributed by atoms with Gasteiger partial charge in [-0.05, 0) is 31.4 Å². The highest BCUT2D eigenvalue weighted by Gasteiger charge is 2.28. The van der Waals surface area contributed by atoms with Gasteiger partial charge in [-0.2, -0.15) is 13.2 Å². The van der Waals surface area contributed by atoms with E-state index in [1.165, 1.54) is 12.3 Å². The molecule has 9 heteroatoms. The quantitative estimate of drug-likeness (QED) is 0.419. The van der Waals surface area contributed by atoms with E-state index in [9.17, 15) is 13.2 Å². The average Bonchev–Trinajstić information content (AvgIpc) is 3.03. The van der Waals surface area contributed by atoms with Crippen molar-refractivity contribution in [3.8, 4) is 5.88 Å². The number of hydrogen-bond donors (Lipinski definition) is 1. The Morgan fingerprint density at radius 1 is 1.38 bits per heavy atom. The molecule has 1 aliphatic heterocycles. The van der Waals surface area contributed by atoms with Crippen molar-refractivity contribution in [1.29, 1.82) is 0 Å². The largest absolute Gasteiger partial charge is 0.468 e. The maximum atomic E-state index is 12.2. The van der Waals surface area contributed by atoms with Gasteiger partial charge in [0, 0.05) is 31.9 Å². The number of halogens is 4. The molecule has 0 aliphatic carbocycles. The van der Waals surface area contributed by atoms with Crippen molar-refractivity contribution < 1.29 is 17.9 Å². The van der Waals surface area contributed by atoms with Crippen molar-refractivity contribution in [2.45, 2.75) is 32.5 Å². The Morgan fingerprint density at radius 3 is 2.71 bits per heavy atom. The van der Waals surface area contributed by atoms with Crippen molar-refractivity contribution in [3.05, 3.63) is 23.9 Å². The lowest BCUT2D eigenvalue weighted by Gasteiger charge is -2.20. The number of nitrogens with zero attached hydrogens (tertiary/aromatic N) is 3. The van der Waals surface area contributed by atoms with Crippen LogP contribution in [0.25, 0.3) is 0 Å². The fraction of sp³-hybridized carbons (Fsp3) is 0.600. The van der Waals surface area contributed by atoms with Crippen LogP contribution >= 0.6 is 24.0 Å². The van der Waals surface area contributed by atoms with Gasteiger partial charge in [-0.3, -0.25) is 0 Å². The highest BCUT2D eigenvalue weighted by molar-refractivity contribution is 14.0. The van der Waals surface area contributed by atoms with Crippen molar-refractivity contribution in [1.82, 2.24) is 15.2 Å². The Bertz CT molecular complexity index is 534. The lowest BCUT2D eigenvalue weighted by molar-refractivity contribution is -0.154. The molecule has 1 saturated heterocycles. The molecule has 0 radical (unpaired) electrons. The van der Waals surface area contributed by atoms with Crippen LogP contribution in [0.1, 0.15) is 25.3 Å². The molecule has 2 rings (SSSR count). The minimum Gasteiger partial charge on any atom is -0.468 e. The Balaban J connectivity index is 0.00000288. The van der Waals surface area contributed by atoms with E-state index in [1.807, 2.05) is 6.92 Å². The van der Waals surface area contributed by atoms with Crippen molar-refractivity contribution in [2.24, 2.45) is 4.99 Å². The molecular formula is C15H22F3IN4O. The first kappa shape index (κ1) is 20.8. The summed E-state index contributed by atoms with van der Waals surface area (Å²) in [4.78, 5) is 10.5. The van der Waals surface area contributed by atoms with Gasteiger partial charge >= 0.3 is 6.18 Å². The summed E-state index contributed by atoms with van der Waals surface area (Å²) in [6, 6.07) is 3.21. The highest BCUT2D eigenvalue weighted by Crippen LogP contribution is 2.18. The summed E-state index contributed by atoms with van der Waals surface area (Å²) < 4.78 is 41.1. The normalized spacial score (nSPS) is 15.2. The molecule has 1 aromatic rings. The predicted molar refractivity (Wildman–Crippen MR) is 96.8 cm³/mol. The molecule has 1 fully saturated rings. The Kier molecular flexibility index (Phi) is 8.57. The van der Waals surface area contributed by atoms with Crippen molar-refractivity contribution >= 4 is 29.9 Å². The van der Waals surface area contributed by atoms with Crippen LogP contribution in [-0.2, 0) is 6.54 Å². The van der Waals surface area contributed by atoms with Gasteiger partial charge in [-0.25, -0.2) is 9.98 Å². The molecule has 0 saturated carbocycles. The lowest BCUT2D eigenvalue weighted by atomic mass is 10.3. The van der Waals surface area contributed by atoms with E-state index in [0.717, 1.165) is 44.0 Å². The number of ether oxygens (including phenoxy) is 1. The molecule has 24 heavy (non-hydrogen) atoms. The number of hydrogen-bond acceptors (Lipinski definition) is 3. The van der Waals surface area contributed by atoms with Gasteiger partial charge in [0.2, 0.25) is 5.88 Å². The van der Waals surface area contributed by atoms with Crippen LogP contribution < -0.4 is 10.1 Å². The molecule has 0 aromatic carbocycles. The van der Waals surface area contributed by atoms with Crippen LogP contribution in [0.5, 0.6) is 5.88 Å². The van der Waals surface area contributed by atoms with Gasteiger partial charge in [0.05, 0.1) is 6.54 Å². The second-order valence-electron chi connectivity index (χ2n) is 5.27. The summed E-state index contributed by atoms with van der Waals surface area (Å²) in [7, 11) is 0. The molecule has 1 aromatic heterocycles. The van der Waals surface area contributed by atoms with E-state index < -0.39 is 12.8 Å². The van der Waals surface area contributed by atoms with Crippen LogP contribution in [0.2, 0.25) is 0 Å². The third kappa shape index (κ3) is 7.10. The molecule has 1 aliphatic rings. The third-order valence-corrected chi connectivity index (χ3v) is 3.33. The van der Waals surface area contributed by atoms with Gasteiger partial charge in [-0.15, -0.1) is 24.0 Å². The predicted octanol–water partition coefficient (Wildman–Crippen LogP) is 3.20. The first-order valence-electron chi connectivity index (χ1n) is 7.65. The zero-order valence-corrected chi connectivity index (χ0v) is 15.8. The zero-order valence-electron chi connectivity index (χ0n) is 13.5. The Hall–Kier alpha value is -1.26. The zero-order chi connectivity index (χ0) is 16.7. The number of aliphatic imine (C=N–C) groups is 1.